The van der Waals surface area contributed by atoms with E-state index in [1.807, 2.05) is 0 Å². The van der Waals surface area contributed by atoms with Gasteiger partial charge in [-0.05, 0) is 12.1 Å². The molecule has 0 saturated carbocycles. The first-order valence-electron chi connectivity index (χ1n) is 4.77. The molecular weight excluding hydrogens is 285 g/mol. The third kappa shape index (κ3) is 3.59. The van der Waals surface area contributed by atoms with Gasteiger partial charge in [0.15, 0.2) is 0 Å². The number of non-ortho nitro benzene ring substituents is 1. The van der Waals surface area contributed by atoms with Gasteiger partial charge in [0.1, 0.15) is 6.07 Å². The van der Waals surface area contributed by atoms with Gasteiger partial charge in [-0.1, -0.05) is 0 Å². The van der Waals surface area contributed by atoms with E-state index in [0.29, 0.717) is 11.8 Å². The second-order valence-electron chi connectivity index (χ2n) is 3.51. The molecule has 1 aromatic carbocycles. The number of halogens is 3. The van der Waals surface area contributed by atoms with E-state index >= 15 is 0 Å². The predicted octanol–water partition coefficient (Wildman–Crippen LogP) is 2.50. The molecular formula is C10H7F3N2O3S. The van der Waals surface area contributed by atoms with Crippen LogP contribution in [0.5, 0.6) is 0 Å². The van der Waals surface area contributed by atoms with Gasteiger partial charge in [-0.3, -0.25) is 10.1 Å². The van der Waals surface area contributed by atoms with E-state index in [2.05, 4.69) is 0 Å². The molecule has 0 heterocycles. The van der Waals surface area contributed by atoms with Crippen LogP contribution in [0, 0.1) is 21.4 Å². The van der Waals surface area contributed by atoms with Gasteiger partial charge >= 0.3 is 6.18 Å². The average Bonchev–Trinajstić information content (AvgIpc) is 2.35. The lowest BCUT2D eigenvalue weighted by molar-refractivity contribution is -0.384. The van der Waals surface area contributed by atoms with Crippen molar-refractivity contribution in [1.29, 1.82) is 5.26 Å². The fourth-order valence-corrected chi connectivity index (χ4v) is 1.96. The van der Waals surface area contributed by atoms with Crippen LogP contribution in [0.3, 0.4) is 0 Å². The van der Waals surface area contributed by atoms with Gasteiger partial charge < -0.3 is 5.11 Å². The van der Waals surface area contributed by atoms with Gasteiger partial charge in [0.25, 0.3) is 11.3 Å². The molecule has 0 aliphatic carbocycles. The molecule has 0 amide bonds. The maximum atomic E-state index is 12.4. The van der Waals surface area contributed by atoms with Crippen molar-refractivity contribution in [3.8, 4) is 6.07 Å². The summed E-state index contributed by atoms with van der Waals surface area (Å²) in [6.45, 7) is 0. The highest BCUT2D eigenvalue weighted by Crippen LogP contribution is 2.35. The number of alkyl halides is 3. The first-order chi connectivity index (χ1) is 8.69. The van der Waals surface area contributed by atoms with Crippen molar-refractivity contribution >= 4 is 17.4 Å². The molecule has 102 valence electrons. The Bertz CT molecular complexity index is 512. The SMILES string of the molecule is N#C[C@@](O)(CSc1ccc([N+](=O)[O-])cc1)C(F)(F)F. The van der Waals surface area contributed by atoms with E-state index in [1.165, 1.54) is 12.1 Å². The summed E-state index contributed by atoms with van der Waals surface area (Å²) in [5, 5.41) is 27.9. The zero-order chi connectivity index (χ0) is 14.7. The Morgan fingerprint density at radius 3 is 2.26 bits per heavy atom. The summed E-state index contributed by atoms with van der Waals surface area (Å²) in [4.78, 5) is 10.0. The number of thioether (sulfide) groups is 1. The summed E-state index contributed by atoms with van der Waals surface area (Å²) in [7, 11) is 0. The van der Waals surface area contributed by atoms with Gasteiger partial charge in [-0.25, -0.2) is 0 Å². The molecule has 1 atom stereocenters. The summed E-state index contributed by atoms with van der Waals surface area (Å²) in [5.74, 6) is -0.912. The number of rotatable bonds is 4. The summed E-state index contributed by atoms with van der Waals surface area (Å²) < 4.78 is 37.2. The molecule has 5 nitrogen and oxygen atoms in total. The third-order valence-corrected chi connectivity index (χ3v) is 3.32. The first kappa shape index (κ1) is 15.3. The van der Waals surface area contributed by atoms with Crippen molar-refractivity contribution in [2.75, 3.05) is 5.75 Å². The lowest BCUT2D eigenvalue weighted by atomic mass is 10.1. The van der Waals surface area contributed by atoms with Crippen LogP contribution in [-0.2, 0) is 0 Å². The Morgan fingerprint density at radius 2 is 1.89 bits per heavy atom. The summed E-state index contributed by atoms with van der Waals surface area (Å²) in [5.41, 5.74) is -3.64. The molecule has 0 aliphatic rings. The zero-order valence-electron chi connectivity index (χ0n) is 9.22. The highest BCUT2D eigenvalue weighted by Gasteiger charge is 2.54. The number of aliphatic hydroxyl groups is 1. The van der Waals surface area contributed by atoms with Crippen molar-refractivity contribution in [2.24, 2.45) is 0 Å². The maximum absolute atomic E-state index is 12.4. The Morgan fingerprint density at radius 1 is 1.37 bits per heavy atom. The molecule has 0 bridgehead atoms. The summed E-state index contributed by atoms with van der Waals surface area (Å²) in [6.07, 6.45) is -5.06. The van der Waals surface area contributed by atoms with Crippen molar-refractivity contribution in [3.05, 3.63) is 34.4 Å². The molecule has 0 radical (unpaired) electrons. The van der Waals surface area contributed by atoms with Crippen molar-refractivity contribution in [3.63, 3.8) is 0 Å². The van der Waals surface area contributed by atoms with E-state index in [9.17, 15) is 23.3 Å². The molecule has 0 fully saturated rings. The van der Waals surface area contributed by atoms with Crippen LogP contribution in [-0.4, -0.2) is 27.6 Å². The molecule has 1 rings (SSSR count). The monoisotopic (exact) mass is 292 g/mol. The van der Waals surface area contributed by atoms with Crippen LogP contribution in [0.15, 0.2) is 29.2 Å². The Balaban J connectivity index is 2.77. The maximum Gasteiger partial charge on any atom is 0.431 e. The molecule has 0 unspecified atom stereocenters. The first-order valence-corrected chi connectivity index (χ1v) is 5.76. The number of nitro groups is 1. The van der Waals surface area contributed by atoms with E-state index in [4.69, 9.17) is 10.4 Å². The van der Waals surface area contributed by atoms with Crippen LogP contribution < -0.4 is 0 Å². The Kier molecular flexibility index (Phi) is 4.39. The highest BCUT2D eigenvalue weighted by molar-refractivity contribution is 7.99. The van der Waals surface area contributed by atoms with E-state index in [-0.39, 0.29) is 10.6 Å². The minimum atomic E-state index is -5.06. The number of benzene rings is 1. The number of nitro benzene ring substituents is 1. The van der Waals surface area contributed by atoms with Crippen molar-refractivity contribution < 1.29 is 23.2 Å². The van der Waals surface area contributed by atoms with Crippen LogP contribution in [0.25, 0.3) is 0 Å². The smallest absolute Gasteiger partial charge is 0.368 e. The van der Waals surface area contributed by atoms with Crippen molar-refractivity contribution in [2.45, 2.75) is 16.7 Å². The second-order valence-corrected chi connectivity index (χ2v) is 4.56. The largest absolute Gasteiger partial charge is 0.431 e. The van der Waals surface area contributed by atoms with Gasteiger partial charge in [0, 0.05) is 22.8 Å². The number of nitriles is 1. The molecule has 1 aromatic rings. The van der Waals surface area contributed by atoms with Gasteiger partial charge in [0.2, 0.25) is 0 Å². The standard InChI is InChI=1S/C10H7F3N2O3S/c11-10(12,13)9(16,5-14)6-19-8-3-1-7(2-4-8)15(17)18/h1-4,16H,6H2/t9-/m1/s1. The highest BCUT2D eigenvalue weighted by atomic mass is 32.2. The van der Waals surface area contributed by atoms with Gasteiger partial charge in [-0.15, -0.1) is 11.8 Å². The minimum absolute atomic E-state index is 0.198. The molecule has 1 N–H and O–H groups in total. The fraction of sp³-hybridized carbons (Fsp3) is 0.300. The number of hydrogen-bond acceptors (Lipinski definition) is 5. The molecule has 0 aliphatic heterocycles. The van der Waals surface area contributed by atoms with Crippen LogP contribution in [0.4, 0.5) is 18.9 Å². The van der Waals surface area contributed by atoms with E-state index in [1.54, 1.807) is 0 Å². The lowest BCUT2D eigenvalue weighted by Crippen LogP contribution is -2.46. The van der Waals surface area contributed by atoms with Gasteiger partial charge in [0.05, 0.1) is 4.92 Å². The Hall–Kier alpha value is -1.79. The van der Waals surface area contributed by atoms with Crippen LogP contribution >= 0.6 is 11.8 Å². The topological polar surface area (TPSA) is 87.2 Å². The quantitative estimate of drug-likeness (QED) is 0.399. The normalized spacial score (nSPS) is 14.5. The molecule has 0 spiro atoms. The van der Waals surface area contributed by atoms with E-state index < -0.39 is 22.5 Å². The second kappa shape index (κ2) is 5.46. The predicted molar refractivity (Wildman–Crippen MR) is 60.4 cm³/mol. The Labute approximate surface area is 109 Å². The molecule has 19 heavy (non-hydrogen) atoms. The number of hydrogen-bond donors (Lipinski definition) is 1. The summed E-state index contributed by atoms with van der Waals surface area (Å²) >= 11 is 0.584. The minimum Gasteiger partial charge on any atom is -0.368 e. The van der Waals surface area contributed by atoms with Crippen LogP contribution in [0.1, 0.15) is 0 Å². The molecule has 0 aromatic heterocycles. The fourth-order valence-electron chi connectivity index (χ4n) is 1.03. The van der Waals surface area contributed by atoms with Crippen LogP contribution in [0.2, 0.25) is 0 Å². The summed E-state index contributed by atoms with van der Waals surface area (Å²) in [6, 6.07) is 5.57. The lowest BCUT2D eigenvalue weighted by Gasteiger charge is -2.22. The zero-order valence-corrected chi connectivity index (χ0v) is 10.0. The van der Waals surface area contributed by atoms with Crippen molar-refractivity contribution in [1.82, 2.24) is 0 Å². The third-order valence-electron chi connectivity index (χ3n) is 2.15. The average molecular weight is 292 g/mol. The molecule has 9 heteroatoms. The number of nitrogens with zero attached hydrogens (tertiary/aromatic N) is 2. The molecule has 0 saturated heterocycles. The van der Waals surface area contributed by atoms with Gasteiger partial charge in [-0.2, -0.15) is 18.4 Å². The van der Waals surface area contributed by atoms with E-state index in [0.717, 1.165) is 18.2 Å².